The van der Waals surface area contributed by atoms with Crippen molar-refractivity contribution >= 4 is 32.6 Å². The summed E-state index contributed by atoms with van der Waals surface area (Å²) in [5.74, 6) is 0.775. The van der Waals surface area contributed by atoms with Crippen molar-refractivity contribution in [2.45, 2.75) is 26.8 Å². The summed E-state index contributed by atoms with van der Waals surface area (Å²) >= 11 is 3.53. The molecule has 1 aliphatic heterocycles. The van der Waals surface area contributed by atoms with Crippen molar-refractivity contribution in [3.05, 3.63) is 103 Å². The summed E-state index contributed by atoms with van der Waals surface area (Å²) in [6, 6.07) is 20.2. The Kier molecular flexibility index (Phi) is 5.06. The van der Waals surface area contributed by atoms with Gasteiger partial charge in [-0.25, -0.2) is 4.79 Å². The lowest BCUT2D eigenvalue weighted by Crippen LogP contribution is -2.32. The van der Waals surface area contributed by atoms with Gasteiger partial charge >= 0.3 is 5.63 Å². The van der Waals surface area contributed by atoms with Gasteiger partial charge in [-0.05, 0) is 60.9 Å². The van der Waals surface area contributed by atoms with Crippen LogP contribution in [-0.4, -0.2) is 6.73 Å². The van der Waals surface area contributed by atoms with Gasteiger partial charge in [-0.3, -0.25) is 0 Å². The van der Waals surface area contributed by atoms with Crippen molar-refractivity contribution in [3.63, 3.8) is 0 Å². The molecule has 0 fully saturated rings. The molecule has 2 heterocycles. The summed E-state index contributed by atoms with van der Waals surface area (Å²) in [7, 11) is 0. The largest absolute Gasteiger partial charge is 0.473 e. The van der Waals surface area contributed by atoms with Gasteiger partial charge in [0.05, 0.1) is 12.1 Å². The van der Waals surface area contributed by atoms with Crippen LogP contribution in [0.4, 0.5) is 5.69 Å². The molecule has 0 saturated heterocycles. The predicted molar refractivity (Wildman–Crippen MR) is 127 cm³/mol. The molecule has 0 radical (unpaired) electrons. The molecule has 0 N–H and O–H groups in total. The standard InChI is InChI=1S/C26H22BrNO3/c1-16-12-19(27)8-10-23(16)28-14-22-24(30-15-28)11-9-20-17(2)21(26(29)31-25(20)22)13-18-6-4-3-5-7-18/h3-12H,13-15H2,1-2H3. The van der Waals surface area contributed by atoms with E-state index in [-0.39, 0.29) is 5.63 Å². The fourth-order valence-corrected chi connectivity index (χ4v) is 4.77. The van der Waals surface area contributed by atoms with Crippen LogP contribution < -0.4 is 15.3 Å². The zero-order valence-corrected chi connectivity index (χ0v) is 19.0. The van der Waals surface area contributed by atoms with Crippen LogP contribution in [0.25, 0.3) is 11.0 Å². The first-order valence-electron chi connectivity index (χ1n) is 10.3. The molecule has 0 aliphatic carbocycles. The van der Waals surface area contributed by atoms with E-state index in [1.807, 2.05) is 55.5 Å². The van der Waals surface area contributed by atoms with Gasteiger partial charge in [-0.2, -0.15) is 0 Å². The van der Waals surface area contributed by atoms with Crippen molar-refractivity contribution in [1.82, 2.24) is 0 Å². The Labute approximate surface area is 189 Å². The van der Waals surface area contributed by atoms with Gasteiger partial charge in [0.1, 0.15) is 11.3 Å². The van der Waals surface area contributed by atoms with E-state index in [1.165, 1.54) is 0 Å². The summed E-state index contributed by atoms with van der Waals surface area (Å²) in [4.78, 5) is 15.1. The second kappa shape index (κ2) is 7.89. The van der Waals surface area contributed by atoms with Gasteiger partial charge in [-0.15, -0.1) is 0 Å². The van der Waals surface area contributed by atoms with Crippen LogP contribution in [0.3, 0.4) is 0 Å². The Morgan fingerprint density at radius 2 is 1.84 bits per heavy atom. The number of rotatable bonds is 3. The number of aryl methyl sites for hydroxylation is 2. The van der Waals surface area contributed by atoms with E-state index in [9.17, 15) is 4.79 Å². The van der Waals surface area contributed by atoms with Crippen molar-refractivity contribution in [2.75, 3.05) is 11.6 Å². The monoisotopic (exact) mass is 475 g/mol. The zero-order chi connectivity index (χ0) is 21.5. The number of hydrogen-bond acceptors (Lipinski definition) is 4. The van der Waals surface area contributed by atoms with E-state index in [2.05, 4.69) is 39.9 Å². The number of nitrogens with zero attached hydrogens (tertiary/aromatic N) is 1. The maximum atomic E-state index is 13.0. The lowest BCUT2D eigenvalue weighted by molar-refractivity contribution is 0.289. The second-order valence-corrected chi connectivity index (χ2v) is 8.89. The number of hydrogen-bond donors (Lipinski definition) is 0. The summed E-state index contributed by atoms with van der Waals surface area (Å²) in [6.45, 7) is 5.16. The fraction of sp³-hybridized carbons (Fsp3) is 0.192. The Morgan fingerprint density at radius 3 is 2.61 bits per heavy atom. The normalized spacial score (nSPS) is 13.2. The highest BCUT2D eigenvalue weighted by Crippen LogP contribution is 2.36. The summed E-state index contributed by atoms with van der Waals surface area (Å²) < 4.78 is 13.0. The lowest BCUT2D eigenvalue weighted by Gasteiger charge is -2.32. The van der Waals surface area contributed by atoms with Crippen molar-refractivity contribution in [2.24, 2.45) is 0 Å². The van der Waals surface area contributed by atoms with Gasteiger partial charge in [0.2, 0.25) is 0 Å². The van der Waals surface area contributed by atoms with Crippen LogP contribution in [0.5, 0.6) is 5.75 Å². The van der Waals surface area contributed by atoms with Gasteiger partial charge in [0, 0.05) is 27.5 Å². The molecule has 1 aliphatic rings. The summed E-state index contributed by atoms with van der Waals surface area (Å²) in [6.07, 6.45) is 0.558. The van der Waals surface area contributed by atoms with Crippen molar-refractivity contribution in [1.29, 1.82) is 0 Å². The van der Waals surface area contributed by atoms with E-state index in [1.54, 1.807) is 0 Å². The third-order valence-electron chi connectivity index (χ3n) is 5.96. The van der Waals surface area contributed by atoms with Crippen LogP contribution in [0, 0.1) is 13.8 Å². The minimum absolute atomic E-state index is 0.279. The highest BCUT2D eigenvalue weighted by Gasteiger charge is 2.24. The minimum Gasteiger partial charge on any atom is -0.473 e. The maximum absolute atomic E-state index is 13.0. The average molecular weight is 476 g/mol. The molecule has 3 aromatic carbocycles. The Hall–Kier alpha value is -3.05. The molecule has 5 heteroatoms. The minimum atomic E-state index is -0.279. The van der Waals surface area contributed by atoms with Crippen molar-refractivity contribution in [3.8, 4) is 5.75 Å². The molecule has 5 rings (SSSR count). The Morgan fingerprint density at radius 1 is 1.03 bits per heavy atom. The summed E-state index contributed by atoms with van der Waals surface area (Å²) in [5.41, 5.74) is 6.28. The molecule has 1 aromatic heterocycles. The van der Waals surface area contributed by atoms with Gasteiger partial charge < -0.3 is 14.1 Å². The van der Waals surface area contributed by atoms with Gasteiger partial charge in [0.15, 0.2) is 6.73 Å². The Bertz CT molecular complexity index is 1340. The summed E-state index contributed by atoms with van der Waals surface area (Å²) in [5, 5.41) is 0.960. The van der Waals surface area contributed by atoms with Gasteiger partial charge in [0.25, 0.3) is 0 Å². The molecule has 4 aromatic rings. The first-order chi connectivity index (χ1) is 15.0. The topological polar surface area (TPSA) is 42.7 Å². The molecule has 0 atom stereocenters. The maximum Gasteiger partial charge on any atom is 0.340 e. The van der Waals surface area contributed by atoms with E-state index >= 15 is 0 Å². The van der Waals surface area contributed by atoms with E-state index in [0.717, 1.165) is 43.5 Å². The first kappa shape index (κ1) is 19.9. The zero-order valence-electron chi connectivity index (χ0n) is 17.4. The highest BCUT2D eigenvalue weighted by atomic mass is 79.9. The highest BCUT2D eigenvalue weighted by molar-refractivity contribution is 9.10. The number of halogens is 1. The third-order valence-corrected chi connectivity index (χ3v) is 6.46. The quantitative estimate of drug-likeness (QED) is 0.334. The Balaban J connectivity index is 1.58. The number of anilines is 1. The van der Waals surface area contributed by atoms with Crippen LogP contribution in [0.2, 0.25) is 0 Å². The lowest BCUT2D eigenvalue weighted by atomic mass is 9.97. The van der Waals surface area contributed by atoms with Crippen LogP contribution in [0.15, 0.2) is 74.3 Å². The smallest absolute Gasteiger partial charge is 0.340 e. The molecule has 0 spiro atoms. The van der Waals surface area contributed by atoms with Crippen LogP contribution in [-0.2, 0) is 13.0 Å². The van der Waals surface area contributed by atoms with Crippen molar-refractivity contribution < 1.29 is 9.15 Å². The number of benzene rings is 3. The molecule has 0 bridgehead atoms. The van der Waals surface area contributed by atoms with Gasteiger partial charge in [-0.1, -0.05) is 46.3 Å². The molecular weight excluding hydrogens is 454 g/mol. The average Bonchev–Trinajstić information content (AvgIpc) is 2.77. The number of ether oxygens (including phenoxy) is 1. The van der Waals surface area contributed by atoms with E-state index in [0.29, 0.717) is 30.8 Å². The molecule has 156 valence electrons. The first-order valence-corrected chi connectivity index (χ1v) is 11.1. The van der Waals surface area contributed by atoms with Crippen LogP contribution in [0.1, 0.15) is 27.8 Å². The molecule has 0 unspecified atom stereocenters. The second-order valence-electron chi connectivity index (χ2n) is 7.98. The fourth-order valence-electron chi connectivity index (χ4n) is 4.29. The molecule has 4 nitrogen and oxygen atoms in total. The molecule has 0 amide bonds. The molecule has 0 saturated carbocycles. The van der Waals surface area contributed by atoms with E-state index < -0.39 is 0 Å². The van der Waals surface area contributed by atoms with Crippen LogP contribution >= 0.6 is 15.9 Å². The predicted octanol–water partition coefficient (Wildman–Crippen LogP) is 6.12. The SMILES string of the molecule is Cc1cc(Br)ccc1N1COc2ccc3c(C)c(Cc4ccccc4)c(=O)oc3c2C1. The molecule has 31 heavy (non-hydrogen) atoms. The number of fused-ring (bicyclic) bond motifs is 3. The van der Waals surface area contributed by atoms with E-state index in [4.69, 9.17) is 9.15 Å². The third kappa shape index (κ3) is 3.63. The molecular formula is C26H22BrNO3.